The lowest BCUT2D eigenvalue weighted by Gasteiger charge is -2.18. The maximum absolute atomic E-state index is 11.5. The van der Waals surface area contributed by atoms with Crippen molar-refractivity contribution in [2.75, 3.05) is 13.1 Å². The van der Waals surface area contributed by atoms with Gasteiger partial charge in [0, 0.05) is 25.2 Å². The molecule has 0 radical (unpaired) electrons. The van der Waals surface area contributed by atoms with E-state index in [0.717, 1.165) is 6.42 Å². The smallest absolute Gasteiger partial charge is 0.279 e. The van der Waals surface area contributed by atoms with Crippen LogP contribution in [0.15, 0.2) is 0 Å². The van der Waals surface area contributed by atoms with Gasteiger partial charge in [-0.05, 0) is 6.42 Å². The van der Waals surface area contributed by atoms with Crippen LogP contribution in [0.5, 0.6) is 0 Å². The molecule has 0 aromatic rings. The number of nitrogens with two attached hydrogens (primary N) is 1. The van der Waals surface area contributed by atoms with Gasteiger partial charge in [-0.2, -0.15) is 17.4 Å². The summed E-state index contributed by atoms with van der Waals surface area (Å²) in [5.74, 6) is 0. The lowest BCUT2D eigenvalue weighted by molar-refractivity contribution is 0.434. The van der Waals surface area contributed by atoms with Gasteiger partial charge in [0.25, 0.3) is 10.2 Å². The zero-order valence-corrected chi connectivity index (χ0v) is 8.84. The Morgan fingerprint density at radius 3 is 2.23 bits per heavy atom. The van der Waals surface area contributed by atoms with E-state index in [-0.39, 0.29) is 12.1 Å². The summed E-state index contributed by atoms with van der Waals surface area (Å²) in [5.41, 5.74) is 5.51. The van der Waals surface area contributed by atoms with Gasteiger partial charge in [0.15, 0.2) is 0 Å². The molecule has 2 atom stereocenters. The van der Waals surface area contributed by atoms with Crippen molar-refractivity contribution in [3.8, 4) is 0 Å². The molecule has 0 aromatic heterocycles. The maximum Gasteiger partial charge on any atom is 0.279 e. The van der Waals surface area contributed by atoms with Gasteiger partial charge in [0.2, 0.25) is 0 Å². The van der Waals surface area contributed by atoms with E-state index in [9.17, 15) is 8.42 Å². The fraction of sp³-hybridized carbons (Fsp3) is 1.00. The average molecular weight is 207 g/mol. The lowest BCUT2D eigenvalue weighted by Crippen LogP contribution is -2.42. The predicted octanol–water partition coefficient (Wildman–Crippen LogP) is -0.738. The molecule has 13 heavy (non-hydrogen) atoms. The first kappa shape index (κ1) is 10.9. The quantitative estimate of drug-likeness (QED) is 0.623. The van der Waals surface area contributed by atoms with E-state index < -0.39 is 10.2 Å². The fourth-order valence-corrected chi connectivity index (χ4v) is 2.66. The van der Waals surface area contributed by atoms with Crippen LogP contribution >= 0.6 is 0 Å². The van der Waals surface area contributed by atoms with Crippen molar-refractivity contribution in [1.29, 1.82) is 0 Å². The third-order valence-electron chi connectivity index (χ3n) is 2.19. The summed E-state index contributed by atoms with van der Waals surface area (Å²) in [6.45, 7) is 4.62. The number of rotatable bonds is 5. The molecule has 2 unspecified atom stereocenters. The second-order valence-corrected chi connectivity index (χ2v) is 4.92. The fourth-order valence-electron chi connectivity index (χ4n) is 1.18. The van der Waals surface area contributed by atoms with Crippen LogP contribution in [0.1, 0.15) is 20.3 Å². The van der Waals surface area contributed by atoms with Gasteiger partial charge in [0.05, 0.1) is 0 Å². The lowest BCUT2D eigenvalue weighted by atomic mass is 10.7. The molecule has 1 aliphatic rings. The van der Waals surface area contributed by atoms with Crippen molar-refractivity contribution in [1.82, 2.24) is 9.03 Å². The minimum atomic E-state index is -3.29. The van der Waals surface area contributed by atoms with E-state index >= 15 is 0 Å². The zero-order chi connectivity index (χ0) is 10.1. The van der Waals surface area contributed by atoms with E-state index in [2.05, 4.69) is 4.72 Å². The summed E-state index contributed by atoms with van der Waals surface area (Å²) in [4.78, 5) is 0. The first-order valence-electron chi connectivity index (χ1n) is 4.54. The molecule has 0 aromatic carbocycles. The van der Waals surface area contributed by atoms with E-state index in [1.807, 2.05) is 13.8 Å². The van der Waals surface area contributed by atoms with Gasteiger partial charge < -0.3 is 5.73 Å². The summed E-state index contributed by atoms with van der Waals surface area (Å²) in [6.07, 6.45) is 0.750. The molecule has 0 saturated heterocycles. The van der Waals surface area contributed by atoms with Gasteiger partial charge >= 0.3 is 0 Å². The van der Waals surface area contributed by atoms with E-state index in [0.29, 0.717) is 13.1 Å². The summed E-state index contributed by atoms with van der Waals surface area (Å²) in [6, 6.07) is -0.0454. The Labute approximate surface area is 79.5 Å². The van der Waals surface area contributed by atoms with Crippen LogP contribution < -0.4 is 10.5 Å². The topological polar surface area (TPSA) is 75.4 Å². The van der Waals surface area contributed by atoms with Crippen LogP contribution in [0.3, 0.4) is 0 Å². The minimum Gasteiger partial charge on any atom is -0.326 e. The van der Waals surface area contributed by atoms with Gasteiger partial charge in [-0.15, -0.1) is 0 Å². The Morgan fingerprint density at radius 1 is 1.46 bits per heavy atom. The highest BCUT2D eigenvalue weighted by molar-refractivity contribution is 7.87. The Balaban J connectivity index is 2.54. The Morgan fingerprint density at radius 2 is 1.92 bits per heavy atom. The summed E-state index contributed by atoms with van der Waals surface area (Å²) < 4.78 is 27.0. The second-order valence-electron chi connectivity index (χ2n) is 3.21. The molecular formula is C7H17N3O2S. The van der Waals surface area contributed by atoms with Crippen LogP contribution in [0.2, 0.25) is 0 Å². The second kappa shape index (κ2) is 3.91. The molecule has 5 nitrogen and oxygen atoms in total. The third-order valence-corrected chi connectivity index (χ3v) is 3.98. The SMILES string of the molecule is CCN(CC)S(=O)(=O)NC1CC1N. The zero-order valence-electron chi connectivity index (χ0n) is 8.03. The largest absolute Gasteiger partial charge is 0.326 e. The molecule has 0 spiro atoms. The highest BCUT2D eigenvalue weighted by Gasteiger charge is 2.38. The Bertz CT molecular complexity index is 261. The number of nitrogens with one attached hydrogen (secondary N) is 1. The van der Waals surface area contributed by atoms with Crippen molar-refractivity contribution in [3.63, 3.8) is 0 Å². The maximum atomic E-state index is 11.5. The van der Waals surface area contributed by atoms with Crippen molar-refractivity contribution in [2.45, 2.75) is 32.4 Å². The van der Waals surface area contributed by atoms with Crippen LogP contribution in [0, 0.1) is 0 Å². The first-order chi connectivity index (χ1) is 6.01. The summed E-state index contributed by atoms with van der Waals surface area (Å²) >= 11 is 0. The molecule has 6 heteroatoms. The molecule has 78 valence electrons. The molecule has 1 rings (SSSR count). The minimum absolute atomic E-state index is 0.00494. The Kier molecular flexibility index (Phi) is 3.28. The predicted molar refractivity (Wildman–Crippen MR) is 51.4 cm³/mol. The molecule has 3 N–H and O–H groups in total. The van der Waals surface area contributed by atoms with Gasteiger partial charge in [0.1, 0.15) is 0 Å². The van der Waals surface area contributed by atoms with Crippen LogP contribution in [0.25, 0.3) is 0 Å². The molecule has 1 saturated carbocycles. The number of hydrogen-bond donors (Lipinski definition) is 2. The highest BCUT2D eigenvalue weighted by Crippen LogP contribution is 2.19. The normalized spacial score (nSPS) is 28.0. The molecule has 0 amide bonds. The van der Waals surface area contributed by atoms with Gasteiger partial charge in [-0.3, -0.25) is 0 Å². The van der Waals surface area contributed by atoms with Crippen LogP contribution in [-0.4, -0.2) is 37.9 Å². The molecule has 0 aliphatic heterocycles. The molecular weight excluding hydrogens is 190 g/mol. The molecule has 0 bridgehead atoms. The van der Waals surface area contributed by atoms with Crippen molar-refractivity contribution < 1.29 is 8.42 Å². The monoisotopic (exact) mass is 207 g/mol. The average Bonchev–Trinajstić information content (AvgIpc) is 2.66. The first-order valence-corrected chi connectivity index (χ1v) is 5.98. The molecule has 0 heterocycles. The molecule has 1 aliphatic carbocycles. The summed E-state index contributed by atoms with van der Waals surface area (Å²) in [7, 11) is -3.29. The number of nitrogens with zero attached hydrogens (tertiary/aromatic N) is 1. The van der Waals surface area contributed by atoms with Crippen molar-refractivity contribution in [2.24, 2.45) is 5.73 Å². The van der Waals surface area contributed by atoms with E-state index in [1.54, 1.807) is 0 Å². The van der Waals surface area contributed by atoms with Crippen molar-refractivity contribution >= 4 is 10.2 Å². The van der Waals surface area contributed by atoms with E-state index in [1.165, 1.54) is 4.31 Å². The third kappa shape index (κ3) is 2.63. The highest BCUT2D eigenvalue weighted by atomic mass is 32.2. The standard InChI is InChI=1S/C7H17N3O2S/c1-3-10(4-2)13(11,12)9-7-5-6(7)8/h6-7,9H,3-5,8H2,1-2H3. The summed E-state index contributed by atoms with van der Waals surface area (Å²) in [5, 5.41) is 0. The van der Waals surface area contributed by atoms with Crippen LogP contribution in [0.4, 0.5) is 0 Å². The Hall–Kier alpha value is -0.170. The van der Waals surface area contributed by atoms with Gasteiger partial charge in [-0.1, -0.05) is 13.8 Å². The molecule has 1 fully saturated rings. The van der Waals surface area contributed by atoms with E-state index in [4.69, 9.17) is 5.73 Å². The van der Waals surface area contributed by atoms with Crippen molar-refractivity contribution in [3.05, 3.63) is 0 Å². The van der Waals surface area contributed by atoms with Gasteiger partial charge in [-0.25, -0.2) is 0 Å². The van der Waals surface area contributed by atoms with Crippen LogP contribution in [-0.2, 0) is 10.2 Å². The number of hydrogen-bond acceptors (Lipinski definition) is 3.